The number of nitrogens with zero attached hydrogens (tertiary/aromatic N) is 4. The molecule has 13 heteroatoms. The molecule has 3 aromatic rings. The van der Waals surface area contributed by atoms with Crippen molar-refractivity contribution < 1.29 is 22.6 Å². The van der Waals surface area contributed by atoms with Crippen LogP contribution >= 0.6 is 15.9 Å². The number of hydrogen-bond acceptors (Lipinski definition) is 10. The van der Waals surface area contributed by atoms with E-state index in [1.807, 2.05) is 18.2 Å². The van der Waals surface area contributed by atoms with Gasteiger partial charge >= 0.3 is 0 Å². The zero-order chi connectivity index (χ0) is 27.1. The van der Waals surface area contributed by atoms with Gasteiger partial charge in [-0.2, -0.15) is 4.98 Å². The average molecular weight is 608 g/mol. The second-order valence-corrected chi connectivity index (χ2v) is 11.6. The number of hydrogen-bond donors (Lipinski definition) is 2. The summed E-state index contributed by atoms with van der Waals surface area (Å²) in [5, 5.41) is 6.29. The van der Waals surface area contributed by atoms with Crippen molar-refractivity contribution in [1.82, 2.24) is 19.2 Å². The van der Waals surface area contributed by atoms with E-state index in [9.17, 15) is 8.42 Å². The highest BCUT2D eigenvalue weighted by Gasteiger charge is 2.22. The van der Waals surface area contributed by atoms with Crippen molar-refractivity contribution in [2.24, 2.45) is 0 Å². The molecule has 11 nitrogen and oxygen atoms in total. The minimum atomic E-state index is -3.67. The predicted octanol–water partition coefficient (Wildman–Crippen LogP) is 3.70. The van der Waals surface area contributed by atoms with Crippen LogP contribution < -0.4 is 20.1 Å². The molecular weight excluding hydrogens is 576 g/mol. The summed E-state index contributed by atoms with van der Waals surface area (Å²) in [6, 6.07) is 12.1. The Morgan fingerprint density at radius 2 is 1.87 bits per heavy atom. The number of sulfonamides is 1. The van der Waals surface area contributed by atoms with Crippen molar-refractivity contribution in [1.29, 1.82) is 0 Å². The van der Waals surface area contributed by atoms with Gasteiger partial charge in [0.25, 0.3) is 0 Å². The van der Waals surface area contributed by atoms with E-state index >= 15 is 0 Å². The van der Waals surface area contributed by atoms with Crippen LogP contribution in [0.15, 0.2) is 58.0 Å². The van der Waals surface area contributed by atoms with Crippen LogP contribution in [0.2, 0.25) is 0 Å². The third-order valence-corrected chi connectivity index (χ3v) is 8.29. The summed E-state index contributed by atoms with van der Waals surface area (Å²) >= 11 is 3.45. The van der Waals surface area contributed by atoms with E-state index in [1.54, 1.807) is 37.6 Å². The fourth-order valence-electron chi connectivity index (χ4n) is 3.75. The molecule has 38 heavy (non-hydrogen) atoms. The Balaban J connectivity index is 1.51. The maximum absolute atomic E-state index is 12.8. The summed E-state index contributed by atoms with van der Waals surface area (Å²) in [6.45, 7) is 4.66. The maximum Gasteiger partial charge on any atom is 0.244 e. The first-order valence-corrected chi connectivity index (χ1v) is 14.2. The monoisotopic (exact) mass is 606 g/mol. The van der Waals surface area contributed by atoms with Crippen LogP contribution in [0.1, 0.15) is 0 Å². The molecule has 2 N–H and O–H groups in total. The lowest BCUT2D eigenvalue weighted by Crippen LogP contribution is -2.38. The minimum Gasteiger partial charge on any atom is -0.495 e. The zero-order valence-electron chi connectivity index (χ0n) is 21.5. The predicted molar refractivity (Wildman–Crippen MR) is 149 cm³/mol. The first kappa shape index (κ1) is 28.0. The van der Waals surface area contributed by atoms with Crippen molar-refractivity contribution in [3.05, 3.63) is 53.1 Å². The summed E-state index contributed by atoms with van der Waals surface area (Å²) in [4.78, 5) is 11.3. The summed E-state index contributed by atoms with van der Waals surface area (Å²) in [7, 11) is 0.887. The summed E-state index contributed by atoms with van der Waals surface area (Å²) < 4.78 is 44.2. The molecule has 0 bridgehead atoms. The largest absolute Gasteiger partial charge is 0.495 e. The molecule has 1 aliphatic rings. The Labute approximate surface area is 231 Å². The van der Waals surface area contributed by atoms with Gasteiger partial charge in [-0.25, -0.2) is 17.7 Å². The van der Waals surface area contributed by atoms with Crippen molar-refractivity contribution in [2.45, 2.75) is 4.90 Å². The highest BCUT2D eigenvalue weighted by molar-refractivity contribution is 9.10. The number of morpholine rings is 1. The molecule has 0 aliphatic carbocycles. The fourth-order valence-corrected chi connectivity index (χ4v) is 5.08. The molecule has 1 fully saturated rings. The van der Waals surface area contributed by atoms with E-state index in [0.29, 0.717) is 39.8 Å². The normalized spacial score (nSPS) is 14.3. The number of para-hydroxylation sites is 1. The van der Waals surface area contributed by atoms with Gasteiger partial charge in [-0.1, -0.05) is 12.1 Å². The molecule has 0 unspecified atom stereocenters. The SMILES string of the molecule is COc1ccc(OCCN2CCOCC2)cc1Nc1ncc(Br)c(Nc2ccccc2S(=O)(=O)N(C)C)n1. The van der Waals surface area contributed by atoms with Crippen LogP contribution in [-0.4, -0.2) is 88.3 Å². The van der Waals surface area contributed by atoms with Crippen LogP contribution in [-0.2, 0) is 14.8 Å². The molecular formula is C25H31BrN6O5S. The number of ether oxygens (including phenoxy) is 3. The number of benzene rings is 2. The van der Waals surface area contributed by atoms with Crippen molar-refractivity contribution >= 4 is 49.1 Å². The van der Waals surface area contributed by atoms with E-state index in [2.05, 4.69) is 41.4 Å². The Bertz CT molecular complexity index is 1350. The molecule has 4 rings (SSSR count). The third-order valence-electron chi connectivity index (χ3n) is 5.84. The Morgan fingerprint density at radius 3 is 2.61 bits per heavy atom. The summed E-state index contributed by atoms with van der Waals surface area (Å²) in [5.41, 5.74) is 1.01. The number of methoxy groups -OCH3 is 1. The number of rotatable bonds is 11. The van der Waals surface area contributed by atoms with Gasteiger partial charge in [-0.3, -0.25) is 4.90 Å². The van der Waals surface area contributed by atoms with Gasteiger partial charge in [0.1, 0.15) is 28.8 Å². The Hall–Kier alpha value is -2.97. The quantitative estimate of drug-likeness (QED) is 0.334. The Kier molecular flexibility index (Phi) is 9.39. The molecule has 0 atom stereocenters. The van der Waals surface area contributed by atoms with E-state index < -0.39 is 10.0 Å². The number of nitrogens with one attached hydrogen (secondary N) is 2. The van der Waals surface area contributed by atoms with Crippen LogP contribution in [0.5, 0.6) is 11.5 Å². The second kappa shape index (κ2) is 12.7. The van der Waals surface area contributed by atoms with Gasteiger partial charge in [0.2, 0.25) is 16.0 Å². The van der Waals surface area contributed by atoms with Crippen LogP contribution in [0.3, 0.4) is 0 Å². The summed E-state index contributed by atoms with van der Waals surface area (Å²) in [5.74, 6) is 1.95. The smallest absolute Gasteiger partial charge is 0.244 e. The molecule has 0 radical (unpaired) electrons. The van der Waals surface area contributed by atoms with E-state index in [1.165, 1.54) is 14.1 Å². The van der Waals surface area contributed by atoms with Gasteiger partial charge in [-0.15, -0.1) is 0 Å². The fraction of sp³-hybridized carbons (Fsp3) is 0.360. The highest BCUT2D eigenvalue weighted by Crippen LogP contribution is 2.33. The Morgan fingerprint density at radius 1 is 1.11 bits per heavy atom. The molecule has 204 valence electrons. The first-order chi connectivity index (χ1) is 18.3. The molecule has 0 saturated carbocycles. The van der Waals surface area contributed by atoms with Crippen molar-refractivity contribution in [3.63, 3.8) is 0 Å². The van der Waals surface area contributed by atoms with Gasteiger partial charge in [-0.05, 0) is 40.2 Å². The molecule has 2 aromatic carbocycles. The highest BCUT2D eigenvalue weighted by atomic mass is 79.9. The van der Waals surface area contributed by atoms with Gasteiger partial charge in [0, 0.05) is 46.0 Å². The van der Waals surface area contributed by atoms with Crippen LogP contribution in [0.4, 0.5) is 23.1 Å². The second-order valence-electron chi connectivity index (χ2n) is 8.59. The topological polar surface area (TPSA) is 118 Å². The molecule has 0 amide bonds. The lowest BCUT2D eigenvalue weighted by Gasteiger charge is -2.26. The molecule has 2 heterocycles. The number of halogens is 1. The van der Waals surface area contributed by atoms with Gasteiger partial charge in [0.05, 0.1) is 36.2 Å². The number of anilines is 4. The first-order valence-electron chi connectivity index (χ1n) is 12.0. The molecule has 1 aromatic heterocycles. The van der Waals surface area contributed by atoms with E-state index in [4.69, 9.17) is 14.2 Å². The average Bonchev–Trinajstić information content (AvgIpc) is 2.91. The van der Waals surface area contributed by atoms with Crippen molar-refractivity contribution in [3.8, 4) is 11.5 Å². The van der Waals surface area contributed by atoms with Crippen LogP contribution in [0, 0.1) is 0 Å². The lowest BCUT2D eigenvalue weighted by molar-refractivity contribution is 0.0322. The van der Waals surface area contributed by atoms with E-state index in [0.717, 1.165) is 37.2 Å². The molecule has 1 aliphatic heterocycles. The van der Waals surface area contributed by atoms with Crippen molar-refractivity contribution in [2.75, 3.05) is 71.3 Å². The summed E-state index contributed by atoms with van der Waals surface area (Å²) in [6.07, 6.45) is 1.58. The third kappa shape index (κ3) is 6.91. The van der Waals surface area contributed by atoms with Gasteiger partial charge < -0.3 is 24.8 Å². The molecule has 0 spiro atoms. The molecule has 1 saturated heterocycles. The van der Waals surface area contributed by atoms with Crippen LogP contribution in [0.25, 0.3) is 0 Å². The standard InChI is InChI=1S/C25H31BrN6O5S/c1-31(2)38(33,34)23-7-5-4-6-20(23)28-24-19(26)17-27-25(30-24)29-21-16-18(8-9-22(21)35-3)37-15-12-32-10-13-36-14-11-32/h4-9,16-17H,10-15H2,1-3H3,(H2,27,28,29,30). The van der Waals surface area contributed by atoms with Gasteiger partial charge in [0.15, 0.2) is 0 Å². The minimum absolute atomic E-state index is 0.133. The lowest BCUT2D eigenvalue weighted by atomic mass is 10.2. The zero-order valence-corrected chi connectivity index (χ0v) is 23.9. The van der Waals surface area contributed by atoms with E-state index in [-0.39, 0.29) is 10.8 Å². The maximum atomic E-state index is 12.8. The number of aromatic nitrogens is 2.